The largest absolute Gasteiger partial charge is 0.480 e. The van der Waals surface area contributed by atoms with Gasteiger partial charge in [-0.05, 0) is 5.56 Å². The van der Waals surface area contributed by atoms with E-state index in [-0.39, 0.29) is 11.1 Å². The lowest BCUT2D eigenvalue weighted by molar-refractivity contribution is -0.384. The molecular formula is C10H10N2O4S. The van der Waals surface area contributed by atoms with E-state index in [4.69, 9.17) is 5.11 Å². The van der Waals surface area contributed by atoms with Crippen molar-refractivity contribution in [1.82, 2.24) is 5.32 Å². The first-order valence-corrected chi connectivity index (χ1v) is 5.97. The average molecular weight is 254 g/mol. The third kappa shape index (κ3) is 2.56. The van der Waals surface area contributed by atoms with E-state index >= 15 is 0 Å². The molecule has 6 nitrogen and oxygen atoms in total. The molecule has 0 spiro atoms. The number of hydrogen-bond donors (Lipinski definition) is 2. The number of benzene rings is 1. The standard InChI is InChI=1S/C10H10N2O4S/c13-10(14)8-5-17-9(11-8)6-2-1-3-7(4-6)12(15)16/h1-4,8-9,11H,5H2,(H,13,14)/t8-,9-/m1/s1. The van der Waals surface area contributed by atoms with Crippen LogP contribution in [0.2, 0.25) is 0 Å². The van der Waals surface area contributed by atoms with E-state index in [0.29, 0.717) is 5.75 Å². The molecule has 1 fully saturated rings. The topological polar surface area (TPSA) is 92.5 Å². The van der Waals surface area contributed by atoms with E-state index in [2.05, 4.69) is 5.32 Å². The van der Waals surface area contributed by atoms with Crippen LogP contribution in [0, 0.1) is 10.1 Å². The highest BCUT2D eigenvalue weighted by Crippen LogP contribution is 2.33. The number of nitrogens with zero attached hydrogens (tertiary/aromatic N) is 1. The first-order valence-electron chi connectivity index (χ1n) is 4.93. The van der Waals surface area contributed by atoms with Crippen molar-refractivity contribution >= 4 is 23.4 Å². The Morgan fingerprint density at radius 2 is 2.35 bits per heavy atom. The molecule has 0 saturated carbocycles. The lowest BCUT2D eigenvalue weighted by Crippen LogP contribution is -2.33. The van der Waals surface area contributed by atoms with Gasteiger partial charge in [0.25, 0.3) is 5.69 Å². The van der Waals surface area contributed by atoms with Gasteiger partial charge in [0.05, 0.1) is 10.3 Å². The summed E-state index contributed by atoms with van der Waals surface area (Å²) in [5.74, 6) is -0.437. The molecule has 90 valence electrons. The Kier molecular flexibility index (Phi) is 3.30. The number of hydrogen-bond acceptors (Lipinski definition) is 5. The molecule has 2 atom stereocenters. The maximum atomic E-state index is 10.8. The van der Waals surface area contributed by atoms with E-state index < -0.39 is 16.9 Å². The molecule has 7 heteroatoms. The van der Waals surface area contributed by atoms with Crippen molar-refractivity contribution in [2.75, 3.05) is 5.75 Å². The first-order chi connectivity index (χ1) is 8.08. The molecule has 1 aliphatic heterocycles. The summed E-state index contributed by atoms with van der Waals surface area (Å²) in [4.78, 5) is 20.9. The molecule has 0 amide bonds. The number of nitro groups is 1. The summed E-state index contributed by atoms with van der Waals surface area (Å²) in [7, 11) is 0. The summed E-state index contributed by atoms with van der Waals surface area (Å²) in [5.41, 5.74) is 0.747. The Bertz CT molecular complexity index is 465. The van der Waals surface area contributed by atoms with Gasteiger partial charge >= 0.3 is 5.97 Å². The second-order valence-corrected chi connectivity index (χ2v) is 4.76. The summed E-state index contributed by atoms with van der Waals surface area (Å²) < 4.78 is 0. The van der Waals surface area contributed by atoms with Crippen molar-refractivity contribution in [2.45, 2.75) is 11.4 Å². The van der Waals surface area contributed by atoms with E-state index in [0.717, 1.165) is 5.56 Å². The number of nitro benzene ring substituents is 1. The quantitative estimate of drug-likeness (QED) is 0.625. The molecule has 2 N–H and O–H groups in total. The number of thioether (sulfide) groups is 1. The third-order valence-corrected chi connectivity index (χ3v) is 3.73. The van der Waals surface area contributed by atoms with E-state index in [1.54, 1.807) is 12.1 Å². The van der Waals surface area contributed by atoms with Crippen LogP contribution in [0.4, 0.5) is 5.69 Å². The number of rotatable bonds is 3. The smallest absolute Gasteiger partial charge is 0.321 e. The fourth-order valence-corrected chi connectivity index (χ4v) is 2.83. The van der Waals surface area contributed by atoms with Gasteiger partial charge in [-0.15, -0.1) is 11.8 Å². The van der Waals surface area contributed by atoms with Crippen LogP contribution in [0.25, 0.3) is 0 Å². The van der Waals surface area contributed by atoms with Crippen LogP contribution in [-0.4, -0.2) is 27.8 Å². The van der Waals surface area contributed by atoms with Crippen LogP contribution >= 0.6 is 11.8 Å². The van der Waals surface area contributed by atoms with Gasteiger partial charge in [0.2, 0.25) is 0 Å². The van der Waals surface area contributed by atoms with Crippen LogP contribution < -0.4 is 5.32 Å². The highest BCUT2D eigenvalue weighted by molar-refractivity contribution is 7.99. The van der Waals surface area contributed by atoms with Gasteiger partial charge in [0.15, 0.2) is 0 Å². The number of carboxylic acid groups (broad SMARTS) is 1. The van der Waals surface area contributed by atoms with E-state index in [1.165, 1.54) is 23.9 Å². The van der Waals surface area contributed by atoms with Crippen LogP contribution in [0.5, 0.6) is 0 Å². The van der Waals surface area contributed by atoms with Crippen molar-refractivity contribution < 1.29 is 14.8 Å². The van der Waals surface area contributed by atoms with Gasteiger partial charge in [-0.2, -0.15) is 0 Å². The molecule has 1 heterocycles. The Balaban J connectivity index is 2.16. The van der Waals surface area contributed by atoms with Gasteiger partial charge in [-0.25, -0.2) is 0 Å². The van der Waals surface area contributed by atoms with Crippen LogP contribution in [-0.2, 0) is 4.79 Å². The number of non-ortho nitro benzene ring substituents is 1. The molecule has 0 bridgehead atoms. The summed E-state index contributed by atoms with van der Waals surface area (Å²) in [6.07, 6.45) is 0. The molecule has 0 aromatic heterocycles. The molecule has 2 rings (SSSR count). The Hall–Kier alpha value is -1.60. The molecule has 1 aliphatic rings. The van der Waals surface area contributed by atoms with E-state index in [1.807, 2.05) is 0 Å². The molecule has 1 aromatic carbocycles. The highest BCUT2D eigenvalue weighted by atomic mass is 32.2. The van der Waals surface area contributed by atoms with Crippen LogP contribution in [0.1, 0.15) is 10.9 Å². The second kappa shape index (κ2) is 4.72. The second-order valence-electron chi connectivity index (χ2n) is 3.62. The van der Waals surface area contributed by atoms with Crippen LogP contribution in [0.3, 0.4) is 0 Å². The SMILES string of the molecule is O=C(O)[C@H]1CS[C@H](c2cccc([N+](=O)[O-])c2)N1. The fourth-order valence-electron chi connectivity index (χ4n) is 1.61. The maximum Gasteiger partial charge on any atom is 0.321 e. The Morgan fingerprint density at radius 1 is 1.59 bits per heavy atom. The number of carbonyl (C=O) groups is 1. The van der Waals surface area contributed by atoms with Crippen molar-refractivity contribution in [1.29, 1.82) is 0 Å². The van der Waals surface area contributed by atoms with Gasteiger partial charge < -0.3 is 5.11 Å². The minimum Gasteiger partial charge on any atom is -0.480 e. The van der Waals surface area contributed by atoms with Gasteiger partial charge in [-0.3, -0.25) is 20.2 Å². The normalized spacial score (nSPS) is 23.5. The molecule has 0 radical (unpaired) electrons. The van der Waals surface area contributed by atoms with Crippen molar-refractivity contribution in [2.24, 2.45) is 0 Å². The first kappa shape index (κ1) is 11.9. The van der Waals surface area contributed by atoms with Crippen molar-refractivity contribution in [3.05, 3.63) is 39.9 Å². The lowest BCUT2D eigenvalue weighted by atomic mass is 10.2. The summed E-state index contributed by atoms with van der Waals surface area (Å²) in [5, 5.41) is 22.2. The van der Waals surface area contributed by atoms with E-state index in [9.17, 15) is 14.9 Å². The predicted molar refractivity (Wildman–Crippen MR) is 62.9 cm³/mol. The summed E-state index contributed by atoms with van der Waals surface area (Å²) >= 11 is 1.44. The lowest BCUT2D eigenvalue weighted by Gasteiger charge is -2.10. The van der Waals surface area contributed by atoms with Crippen molar-refractivity contribution in [3.8, 4) is 0 Å². The zero-order valence-electron chi connectivity index (χ0n) is 8.70. The fraction of sp³-hybridized carbons (Fsp3) is 0.300. The zero-order valence-corrected chi connectivity index (χ0v) is 9.52. The maximum absolute atomic E-state index is 10.8. The molecular weight excluding hydrogens is 244 g/mol. The monoisotopic (exact) mass is 254 g/mol. The highest BCUT2D eigenvalue weighted by Gasteiger charge is 2.30. The minimum atomic E-state index is -0.898. The van der Waals surface area contributed by atoms with Gasteiger partial charge in [-0.1, -0.05) is 12.1 Å². The summed E-state index contributed by atoms with van der Waals surface area (Å²) in [6.45, 7) is 0. The zero-order chi connectivity index (χ0) is 12.4. The molecule has 1 saturated heterocycles. The molecule has 0 aliphatic carbocycles. The summed E-state index contributed by atoms with van der Waals surface area (Å²) in [6, 6.07) is 5.64. The number of aliphatic carboxylic acids is 1. The molecule has 0 unspecified atom stereocenters. The predicted octanol–water partition coefficient (Wildman–Crippen LogP) is 1.38. The molecule has 1 aromatic rings. The third-order valence-electron chi connectivity index (χ3n) is 2.46. The van der Waals surface area contributed by atoms with Gasteiger partial charge in [0.1, 0.15) is 6.04 Å². The minimum absolute atomic E-state index is 0.0173. The Morgan fingerprint density at radius 3 is 2.94 bits per heavy atom. The number of carboxylic acids is 1. The van der Waals surface area contributed by atoms with Crippen LogP contribution in [0.15, 0.2) is 24.3 Å². The molecule has 17 heavy (non-hydrogen) atoms. The number of nitrogens with one attached hydrogen (secondary N) is 1. The van der Waals surface area contributed by atoms with Gasteiger partial charge in [0, 0.05) is 17.9 Å². The average Bonchev–Trinajstić information content (AvgIpc) is 2.78. The van der Waals surface area contributed by atoms with Crippen molar-refractivity contribution in [3.63, 3.8) is 0 Å². The Labute approximate surface area is 101 Å².